The third-order valence-corrected chi connectivity index (χ3v) is 4.67. The molecule has 0 aliphatic carbocycles. The zero-order valence-corrected chi connectivity index (χ0v) is 17.9. The molecule has 0 aliphatic heterocycles. The predicted molar refractivity (Wildman–Crippen MR) is 111 cm³/mol. The molecule has 7 heteroatoms. The van der Waals surface area contributed by atoms with Crippen LogP contribution in [0.3, 0.4) is 0 Å². The molecule has 2 aromatic carbocycles. The maximum absolute atomic E-state index is 12.5. The SMILES string of the molecule is COc1ccc(Br)cc1CN(C)C(=O)C=Cc1cc(Cl)c(OC)c(OC)c1. The smallest absolute Gasteiger partial charge is 0.246 e. The molecule has 1 amide bonds. The Morgan fingerprint density at radius 3 is 2.44 bits per heavy atom. The Hall–Kier alpha value is -2.18. The van der Waals surface area contributed by atoms with Crippen LogP contribution in [0, 0.1) is 0 Å². The minimum absolute atomic E-state index is 0.150. The molecule has 2 aromatic rings. The molecule has 0 atom stereocenters. The number of benzene rings is 2. The van der Waals surface area contributed by atoms with E-state index in [4.69, 9.17) is 25.8 Å². The van der Waals surface area contributed by atoms with Crippen LogP contribution < -0.4 is 14.2 Å². The van der Waals surface area contributed by atoms with Crippen molar-refractivity contribution in [1.29, 1.82) is 0 Å². The molecule has 0 saturated carbocycles. The third-order valence-electron chi connectivity index (χ3n) is 3.90. The van der Waals surface area contributed by atoms with Crippen molar-refractivity contribution >= 4 is 39.5 Å². The highest BCUT2D eigenvalue weighted by Gasteiger charge is 2.12. The average Bonchev–Trinajstić information content (AvgIpc) is 2.65. The van der Waals surface area contributed by atoms with Crippen molar-refractivity contribution in [3.05, 3.63) is 57.0 Å². The van der Waals surface area contributed by atoms with Crippen molar-refractivity contribution in [3.8, 4) is 17.2 Å². The number of carbonyl (C=O) groups is 1. The Morgan fingerprint density at radius 1 is 1.11 bits per heavy atom. The maximum atomic E-state index is 12.5. The number of carbonyl (C=O) groups excluding carboxylic acids is 1. The summed E-state index contributed by atoms with van der Waals surface area (Å²) < 4.78 is 16.8. The Bertz CT molecular complexity index is 854. The monoisotopic (exact) mass is 453 g/mol. The highest BCUT2D eigenvalue weighted by atomic mass is 79.9. The minimum atomic E-state index is -0.150. The van der Waals surface area contributed by atoms with Gasteiger partial charge in [0.25, 0.3) is 0 Å². The number of amides is 1. The third kappa shape index (κ3) is 5.40. The van der Waals surface area contributed by atoms with E-state index >= 15 is 0 Å². The number of rotatable bonds is 7. The highest BCUT2D eigenvalue weighted by Crippen LogP contribution is 2.36. The zero-order chi connectivity index (χ0) is 20.0. The molecule has 0 saturated heterocycles. The molecule has 0 unspecified atom stereocenters. The standard InChI is InChI=1S/C20H21BrClNO4/c1-23(12-14-11-15(21)6-7-17(14)25-2)19(24)8-5-13-9-16(22)20(27-4)18(10-13)26-3/h5-11H,12H2,1-4H3. The van der Waals surface area contributed by atoms with Crippen LogP contribution in [0.4, 0.5) is 0 Å². The summed E-state index contributed by atoms with van der Waals surface area (Å²) in [6, 6.07) is 9.15. The summed E-state index contributed by atoms with van der Waals surface area (Å²) in [6.45, 7) is 0.415. The molecule has 27 heavy (non-hydrogen) atoms. The van der Waals surface area contributed by atoms with E-state index in [9.17, 15) is 4.79 Å². The van der Waals surface area contributed by atoms with Gasteiger partial charge in [-0.25, -0.2) is 0 Å². The molecule has 0 fully saturated rings. The summed E-state index contributed by atoms with van der Waals surface area (Å²) in [7, 11) is 6.39. The molecule has 0 N–H and O–H groups in total. The minimum Gasteiger partial charge on any atom is -0.496 e. The Balaban J connectivity index is 2.15. The van der Waals surface area contributed by atoms with Crippen molar-refractivity contribution in [2.75, 3.05) is 28.4 Å². The number of likely N-dealkylation sites (N-methyl/N-ethyl adjacent to an activating group) is 1. The fraction of sp³-hybridized carbons (Fsp3) is 0.250. The topological polar surface area (TPSA) is 48.0 Å². The lowest BCUT2D eigenvalue weighted by molar-refractivity contribution is -0.125. The van der Waals surface area contributed by atoms with E-state index in [1.807, 2.05) is 18.2 Å². The molecule has 144 valence electrons. The fourth-order valence-corrected chi connectivity index (χ4v) is 3.24. The molecule has 0 bridgehead atoms. The lowest BCUT2D eigenvalue weighted by Crippen LogP contribution is -2.24. The Labute approximate surface area is 172 Å². The van der Waals surface area contributed by atoms with Gasteiger partial charge in [-0.3, -0.25) is 4.79 Å². The number of hydrogen-bond acceptors (Lipinski definition) is 4. The molecule has 0 radical (unpaired) electrons. The molecule has 5 nitrogen and oxygen atoms in total. The highest BCUT2D eigenvalue weighted by molar-refractivity contribution is 9.10. The largest absolute Gasteiger partial charge is 0.496 e. The predicted octanol–water partition coefficient (Wildman–Crippen LogP) is 4.80. The van der Waals surface area contributed by atoms with E-state index in [1.54, 1.807) is 37.3 Å². The number of methoxy groups -OCH3 is 3. The summed E-state index contributed by atoms with van der Waals surface area (Å²) in [5.74, 6) is 1.54. The summed E-state index contributed by atoms with van der Waals surface area (Å²) in [4.78, 5) is 14.1. The van der Waals surface area contributed by atoms with Gasteiger partial charge >= 0.3 is 0 Å². The Morgan fingerprint density at radius 2 is 1.81 bits per heavy atom. The summed E-state index contributed by atoms with van der Waals surface area (Å²) >= 11 is 9.63. The number of ether oxygens (including phenoxy) is 3. The first-order valence-corrected chi connectivity index (χ1v) is 9.23. The lowest BCUT2D eigenvalue weighted by Gasteiger charge is -2.17. The normalized spacial score (nSPS) is 10.7. The summed E-state index contributed by atoms with van der Waals surface area (Å²) in [5.41, 5.74) is 1.64. The van der Waals surface area contributed by atoms with Crippen LogP contribution in [-0.2, 0) is 11.3 Å². The van der Waals surface area contributed by atoms with E-state index in [1.165, 1.54) is 20.3 Å². The Kier molecular flexibility index (Phi) is 7.56. The van der Waals surface area contributed by atoms with Crippen molar-refractivity contribution in [3.63, 3.8) is 0 Å². The lowest BCUT2D eigenvalue weighted by atomic mass is 10.1. The van der Waals surface area contributed by atoms with Crippen LogP contribution in [0.25, 0.3) is 6.08 Å². The van der Waals surface area contributed by atoms with Crippen molar-refractivity contribution in [2.24, 2.45) is 0 Å². The summed E-state index contributed by atoms with van der Waals surface area (Å²) in [6.07, 6.45) is 3.17. The van der Waals surface area contributed by atoms with Gasteiger partial charge < -0.3 is 19.1 Å². The van der Waals surface area contributed by atoms with E-state index in [0.717, 1.165) is 21.3 Å². The van der Waals surface area contributed by atoms with Crippen LogP contribution in [0.15, 0.2) is 40.9 Å². The van der Waals surface area contributed by atoms with Gasteiger partial charge in [-0.2, -0.15) is 0 Å². The van der Waals surface area contributed by atoms with Gasteiger partial charge in [-0.15, -0.1) is 0 Å². The summed E-state index contributed by atoms with van der Waals surface area (Å²) in [5, 5.41) is 0.413. The second-order valence-corrected chi connectivity index (χ2v) is 7.04. The molecular formula is C20H21BrClNO4. The van der Waals surface area contributed by atoms with E-state index < -0.39 is 0 Å². The zero-order valence-electron chi connectivity index (χ0n) is 15.6. The van der Waals surface area contributed by atoms with Crippen LogP contribution in [0.5, 0.6) is 17.2 Å². The molecule has 2 rings (SSSR count). The van der Waals surface area contributed by atoms with Gasteiger partial charge in [0.2, 0.25) is 5.91 Å². The van der Waals surface area contributed by atoms with E-state index in [0.29, 0.717) is 23.1 Å². The first-order valence-electron chi connectivity index (χ1n) is 8.06. The molecular weight excluding hydrogens is 434 g/mol. The maximum Gasteiger partial charge on any atom is 0.246 e. The van der Waals surface area contributed by atoms with Crippen LogP contribution in [0.1, 0.15) is 11.1 Å². The second kappa shape index (κ2) is 9.67. The molecule has 0 aliphatic rings. The van der Waals surface area contributed by atoms with Gasteiger partial charge in [-0.1, -0.05) is 27.5 Å². The molecule has 0 spiro atoms. The van der Waals surface area contributed by atoms with Gasteiger partial charge in [0, 0.05) is 29.7 Å². The first-order chi connectivity index (χ1) is 12.9. The number of halogens is 2. The molecule has 0 aromatic heterocycles. The molecule has 0 heterocycles. The number of hydrogen-bond donors (Lipinski definition) is 0. The van der Waals surface area contributed by atoms with Gasteiger partial charge in [-0.05, 0) is 42.0 Å². The van der Waals surface area contributed by atoms with Gasteiger partial charge in [0.1, 0.15) is 5.75 Å². The van der Waals surface area contributed by atoms with Gasteiger partial charge in [0.15, 0.2) is 11.5 Å². The van der Waals surface area contributed by atoms with Gasteiger partial charge in [0.05, 0.1) is 26.4 Å². The van der Waals surface area contributed by atoms with Crippen LogP contribution >= 0.6 is 27.5 Å². The van der Waals surface area contributed by atoms with Crippen molar-refractivity contribution < 1.29 is 19.0 Å². The van der Waals surface area contributed by atoms with Crippen LogP contribution in [-0.4, -0.2) is 39.2 Å². The van der Waals surface area contributed by atoms with E-state index in [-0.39, 0.29) is 5.91 Å². The van der Waals surface area contributed by atoms with Crippen molar-refractivity contribution in [1.82, 2.24) is 4.90 Å². The van der Waals surface area contributed by atoms with Crippen molar-refractivity contribution in [2.45, 2.75) is 6.54 Å². The van der Waals surface area contributed by atoms with E-state index in [2.05, 4.69) is 15.9 Å². The van der Waals surface area contributed by atoms with Crippen LogP contribution in [0.2, 0.25) is 5.02 Å². The quantitative estimate of drug-likeness (QED) is 0.564. The second-order valence-electron chi connectivity index (χ2n) is 5.72. The fourth-order valence-electron chi connectivity index (χ4n) is 2.53. The average molecular weight is 455 g/mol. The first kappa shape index (κ1) is 21.1. The number of nitrogens with zero attached hydrogens (tertiary/aromatic N) is 1.